The van der Waals surface area contributed by atoms with Gasteiger partial charge in [-0.3, -0.25) is 14.4 Å². The lowest BCUT2D eigenvalue weighted by atomic mass is 9.92. The molecule has 9 heteroatoms. The second kappa shape index (κ2) is 13.3. The molecule has 3 aliphatic rings. The van der Waals surface area contributed by atoms with Gasteiger partial charge in [-0.25, -0.2) is 0 Å². The average Bonchev–Trinajstić information content (AvgIpc) is 3.75. The summed E-state index contributed by atoms with van der Waals surface area (Å²) >= 11 is 6.12. The summed E-state index contributed by atoms with van der Waals surface area (Å²) in [5.74, 6) is -0.0823. The number of rotatable bonds is 8. The molecule has 0 spiro atoms. The van der Waals surface area contributed by atoms with Gasteiger partial charge in [-0.2, -0.15) is 0 Å². The van der Waals surface area contributed by atoms with E-state index in [-0.39, 0.29) is 29.8 Å². The fraction of sp³-hybridized carbons (Fsp3) is 0.441. The van der Waals surface area contributed by atoms with E-state index < -0.39 is 12.1 Å². The highest BCUT2D eigenvalue weighted by molar-refractivity contribution is 6.30. The van der Waals surface area contributed by atoms with Gasteiger partial charge in [0.15, 0.2) is 5.76 Å². The first-order chi connectivity index (χ1) is 21.0. The van der Waals surface area contributed by atoms with Crippen molar-refractivity contribution in [1.82, 2.24) is 20.4 Å². The van der Waals surface area contributed by atoms with Gasteiger partial charge in [0.2, 0.25) is 11.8 Å². The minimum atomic E-state index is -0.740. The quantitative estimate of drug-likeness (QED) is 0.388. The number of furan rings is 1. The van der Waals surface area contributed by atoms with E-state index >= 15 is 0 Å². The molecule has 2 aliphatic heterocycles. The van der Waals surface area contributed by atoms with Crippen LogP contribution < -0.4 is 10.6 Å². The normalized spacial score (nSPS) is 21.2. The predicted octanol–water partition coefficient (Wildman–Crippen LogP) is 4.75. The number of carbonyl (C=O) groups is 3. The van der Waals surface area contributed by atoms with Gasteiger partial charge in [-0.1, -0.05) is 67.3 Å². The molecule has 1 saturated carbocycles. The fourth-order valence-electron chi connectivity index (χ4n) is 6.87. The highest BCUT2D eigenvalue weighted by atomic mass is 35.5. The van der Waals surface area contributed by atoms with Crippen molar-refractivity contribution < 1.29 is 18.8 Å². The Morgan fingerprint density at radius 3 is 2.47 bits per heavy atom. The molecule has 0 radical (unpaired) electrons. The molecule has 2 fully saturated rings. The van der Waals surface area contributed by atoms with Gasteiger partial charge in [0.05, 0.1) is 18.3 Å². The first-order valence-electron chi connectivity index (χ1n) is 15.5. The number of nitrogens with one attached hydrogen (secondary N) is 2. The molecule has 43 heavy (non-hydrogen) atoms. The Bertz CT molecular complexity index is 1420. The number of amides is 3. The molecule has 6 rings (SSSR count). The van der Waals surface area contributed by atoms with Crippen LogP contribution in [-0.2, 0) is 29.0 Å². The van der Waals surface area contributed by atoms with Crippen molar-refractivity contribution in [2.45, 2.75) is 82.1 Å². The molecule has 0 unspecified atom stereocenters. The van der Waals surface area contributed by atoms with Crippen LogP contribution >= 0.6 is 11.6 Å². The van der Waals surface area contributed by atoms with E-state index in [1.54, 1.807) is 24.3 Å². The van der Waals surface area contributed by atoms with E-state index in [9.17, 15) is 14.4 Å². The fourth-order valence-corrected chi connectivity index (χ4v) is 7.00. The Morgan fingerprint density at radius 2 is 1.72 bits per heavy atom. The van der Waals surface area contributed by atoms with Gasteiger partial charge in [0.25, 0.3) is 5.91 Å². The maximum absolute atomic E-state index is 14.1. The van der Waals surface area contributed by atoms with Crippen LogP contribution in [0.1, 0.15) is 65.8 Å². The first kappa shape index (κ1) is 29.5. The van der Waals surface area contributed by atoms with Gasteiger partial charge < -0.3 is 24.9 Å². The van der Waals surface area contributed by atoms with E-state index in [1.807, 2.05) is 34.1 Å². The molecular weight excluding hydrogens is 564 g/mol. The summed E-state index contributed by atoms with van der Waals surface area (Å²) in [5.41, 5.74) is 3.25. The zero-order chi connectivity index (χ0) is 29.8. The predicted molar refractivity (Wildman–Crippen MR) is 165 cm³/mol. The van der Waals surface area contributed by atoms with Gasteiger partial charge in [0.1, 0.15) is 6.04 Å². The number of fused-ring (bicyclic) bond motifs is 1. The van der Waals surface area contributed by atoms with Crippen LogP contribution in [0.3, 0.4) is 0 Å². The second-order valence-electron chi connectivity index (χ2n) is 12.0. The third kappa shape index (κ3) is 6.81. The third-order valence-corrected chi connectivity index (χ3v) is 9.42. The third-order valence-electron chi connectivity index (χ3n) is 9.17. The molecular formula is C34H39ClN4O4. The zero-order valence-corrected chi connectivity index (χ0v) is 25.1. The molecule has 3 amide bonds. The summed E-state index contributed by atoms with van der Waals surface area (Å²) in [6.45, 7) is 1.57. The van der Waals surface area contributed by atoms with Crippen molar-refractivity contribution in [2.75, 3.05) is 13.1 Å². The van der Waals surface area contributed by atoms with Crippen LogP contribution in [-0.4, -0.2) is 64.8 Å². The minimum absolute atomic E-state index is 0.104. The number of carbonyl (C=O) groups excluding carboxylic acids is 3. The Labute approximate surface area is 257 Å². The lowest BCUT2D eigenvalue weighted by molar-refractivity contribution is -0.136. The summed E-state index contributed by atoms with van der Waals surface area (Å²) in [7, 11) is 0. The molecule has 1 saturated heterocycles. The Hall–Kier alpha value is -3.62. The van der Waals surface area contributed by atoms with Crippen molar-refractivity contribution >= 4 is 29.3 Å². The summed E-state index contributed by atoms with van der Waals surface area (Å²) in [6, 6.07) is 17.8. The highest BCUT2D eigenvalue weighted by Gasteiger charge is 2.40. The second-order valence-corrected chi connectivity index (χ2v) is 12.4. The van der Waals surface area contributed by atoms with E-state index in [0.29, 0.717) is 49.7 Å². The number of nitrogens with zero attached hydrogens (tertiary/aromatic N) is 2. The monoisotopic (exact) mass is 602 g/mol. The van der Waals surface area contributed by atoms with Crippen LogP contribution in [0, 0.1) is 0 Å². The van der Waals surface area contributed by atoms with Crippen molar-refractivity contribution in [2.24, 2.45) is 0 Å². The molecule has 1 aliphatic carbocycles. The van der Waals surface area contributed by atoms with Gasteiger partial charge in [-0.05, 0) is 66.6 Å². The Morgan fingerprint density at radius 1 is 0.953 bits per heavy atom. The summed E-state index contributed by atoms with van der Waals surface area (Å²) in [5, 5.41) is 7.04. The smallest absolute Gasteiger partial charge is 0.290 e. The lowest BCUT2D eigenvalue weighted by Crippen LogP contribution is -2.56. The SMILES string of the molecule is O=C(N[C@H](Cc1ccc(Cl)cc1)C(=O)N1CC[C@H](N(C(=O)c2ccco2)C2CCCCC2)C1)[C@H]1Cc2ccccc2CN1. The van der Waals surface area contributed by atoms with Crippen molar-refractivity contribution in [3.05, 3.63) is 94.4 Å². The van der Waals surface area contributed by atoms with Crippen molar-refractivity contribution in [3.8, 4) is 0 Å². The van der Waals surface area contributed by atoms with Gasteiger partial charge >= 0.3 is 0 Å². The van der Waals surface area contributed by atoms with Crippen LogP contribution in [0.2, 0.25) is 5.02 Å². The van der Waals surface area contributed by atoms with Crippen LogP contribution in [0.5, 0.6) is 0 Å². The number of benzene rings is 2. The number of hydrogen-bond donors (Lipinski definition) is 2. The maximum Gasteiger partial charge on any atom is 0.290 e. The minimum Gasteiger partial charge on any atom is -0.459 e. The molecule has 2 aromatic carbocycles. The molecule has 3 heterocycles. The van der Waals surface area contributed by atoms with E-state index in [2.05, 4.69) is 22.8 Å². The molecule has 3 aromatic rings. The van der Waals surface area contributed by atoms with Gasteiger partial charge in [-0.15, -0.1) is 0 Å². The average molecular weight is 603 g/mol. The van der Waals surface area contributed by atoms with Gasteiger partial charge in [0, 0.05) is 37.1 Å². The number of hydrogen-bond acceptors (Lipinski definition) is 5. The molecule has 2 N–H and O–H groups in total. The molecule has 8 nitrogen and oxygen atoms in total. The Kier molecular flexibility index (Phi) is 9.14. The van der Waals surface area contributed by atoms with Crippen LogP contribution in [0.25, 0.3) is 0 Å². The topological polar surface area (TPSA) is 94.9 Å². The van der Waals surface area contributed by atoms with Crippen molar-refractivity contribution in [3.63, 3.8) is 0 Å². The summed E-state index contributed by atoms with van der Waals surface area (Å²) in [4.78, 5) is 45.1. The number of likely N-dealkylation sites (tertiary alicyclic amines) is 1. The lowest BCUT2D eigenvalue weighted by Gasteiger charge is -2.38. The standard InChI is InChI=1S/C34H39ClN4O4/c35-26-14-12-23(13-15-26)19-30(37-32(40)29-20-24-7-4-5-8-25(24)21-36-29)33(41)38-17-16-28(22-38)39(27-9-2-1-3-10-27)34(42)31-11-6-18-43-31/h4-8,11-15,18,27-30,36H,1-3,9-10,16-17,19-22H2,(H,37,40)/t28-,29+,30+/m0/s1. The van der Waals surface area contributed by atoms with Crippen LogP contribution in [0.4, 0.5) is 0 Å². The molecule has 1 aromatic heterocycles. The maximum atomic E-state index is 14.1. The first-order valence-corrected chi connectivity index (χ1v) is 15.8. The number of halogens is 1. The summed E-state index contributed by atoms with van der Waals surface area (Å²) < 4.78 is 5.50. The van der Waals surface area contributed by atoms with E-state index in [1.165, 1.54) is 18.2 Å². The molecule has 226 valence electrons. The summed E-state index contributed by atoms with van der Waals surface area (Å²) in [6.07, 6.45) is 8.44. The zero-order valence-electron chi connectivity index (χ0n) is 24.3. The van der Waals surface area contributed by atoms with Crippen molar-refractivity contribution in [1.29, 1.82) is 0 Å². The molecule has 3 atom stereocenters. The van der Waals surface area contributed by atoms with E-state index in [4.69, 9.17) is 16.0 Å². The van der Waals surface area contributed by atoms with Crippen LogP contribution in [0.15, 0.2) is 71.3 Å². The largest absolute Gasteiger partial charge is 0.459 e. The Balaban J connectivity index is 1.18. The molecule has 0 bridgehead atoms. The highest BCUT2D eigenvalue weighted by Crippen LogP contribution is 2.30. The van der Waals surface area contributed by atoms with E-state index in [0.717, 1.165) is 36.8 Å².